The molecule has 1 saturated heterocycles. The minimum atomic E-state index is 0.788. The van der Waals surface area contributed by atoms with Crippen LogP contribution in [0, 0.1) is 0 Å². The first-order valence-corrected chi connectivity index (χ1v) is 9.46. The van der Waals surface area contributed by atoms with Gasteiger partial charge in [0.25, 0.3) is 0 Å². The van der Waals surface area contributed by atoms with Crippen LogP contribution in [0.15, 0.2) is 45.3 Å². The lowest BCUT2D eigenvalue weighted by Gasteiger charge is -2.32. The highest BCUT2D eigenvalue weighted by Gasteiger charge is 2.12. The van der Waals surface area contributed by atoms with Gasteiger partial charge in [-0.1, -0.05) is 28.1 Å². The van der Waals surface area contributed by atoms with Crippen molar-refractivity contribution in [2.45, 2.75) is 13.0 Å². The highest BCUT2D eigenvalue weighted by molar-refractivity contribution is 9.10. The number of rotatable bonds is 7. The maximum absolute atomic E-state index is 5.93. The molecular formula is C19H26BrN3O. The summed E-state index contributed by atoms with van der Waals surface area (Å²) < 4.78 is 7.00. The summed E-state index contributed by atoms with van der Waals surface area (Å²) in [5.74, 6) is 1.91. The van der Waals surface area contributed by atoms with Crippen molar-refractivity contribution in [3.63, 3.8) is 0 Å². The summed E-state index contributed by atoms with van der Waals surface area (Å²) in [6.45, 7) is 7.78. The van der Waals surface area contributed by atoms with Crippen molar-refractivity contribution in [3.8, 4) is 11.3 Å². The van der Waals surface area contributed by atoms with E-state index in [0.717, 1.165) is 34.6 Å². The largest absolute Gasteiger partial charge is 0.460 e. The normalized spacial score (nSPS) is 16.6. The number of piperazine rings is 1. The molecule has 1 aliphatic heterocycles. The average Bonchev–Trinajstić information content (AvgIpc) is 3.05. The topological polar surface area (TPSA) is 31.6 Å². The highest BCUT2D eigenvalue weighted by atomic mass is 79.9. The Morgan fingerprint density at radius 3 is 2.75 bits per heavy atom. The first kappa shape index (κ1) is 17.7. The zero-order valence-electron chi connectivity index (χ0n) is 14.3. The molecule has 1 N–H and O–H groups in total. The fraction of sp³-hybridized carbons (Fsp3) is 0.474. The third-order valence-corrected chi connectivity index (χ3v) is 4.99. The smallest absolute Gasteiger partial charge is 0.134 e. The van der Waals surface area contributed by atoms with Gasteiger partial charge in [0.1, 0.15) is 11.5 Å². The first-order valence-electron chi connectivity index (χ1n) is 8.67. The van der Waals surface area contributed by atoms with Crippen LogP contribution in [0.1, 0.15) is 12.2 Å². The van der Waals surface area contributed by atoms with Gasteiger partial charge in [0.15, 0.2) is 0 Å². The Morgan fingerprint density at radius 1 is 1.12 bits per heavy atom. The van der Waals surface area contributed by atoms with Gasteiger partial charge >= 0.3 is 0 Å². The molecule has 0 atom stereocenters. The average molecular weight is 392 g/mol. The van der Waals surface area contributed by atoms with Gasteiger partial charge in [0.2, 0.25) is 0 Å². The van der Waals surface area contributed by atoms with Crippen molar-refractivity contribution < 1.29 is 4.42 Å². The van der Waals surface area contributed by atoms with Crippen molar-refractivity contribution in [2.24, 2.45) is 0 Å². The van der Waals surface area contributed by atoms with Crippen LogP contribution < -0.4 is 5.32 Å². The summed E-state index contributed by atoms with van der Waals surface area (Å²) in [6.07, 6.45) is 1.18. The first-order chi connectivity index (χ1) is 11.7. The molecule has 0 unspecified atom stereocenters. The molecule has 0 aliphatic carbocycles. The zero-order valence-corrected chi connectivity index (χ0v) is 15.9. The molecule has 130 valence electrons. The van der Waals surface area contributed by atoms with E-state index >= 15 is 0 Å². The van der Waals surface area contributed by atoms with E-state index in [9.17, 15) is 0 Å². The molecule has 3 rings (SSSR count). The summed E-state index contributed by atoms with van der Waals surface area (Å²) in [5.41, 5.74) is 1.10. The van der Waals surface area contributed by atoms with Gasteiger partial charge in [-0.15, -0.1) is 0 Å². The molecular weight excluding hydrogens is 366 g/mol. The number of likely N-dealkylation sites (N-methyl/N-ethyl adjacent to an activating group) is 1. The molecule has 2 heterocycles. The van der Waals surface area contributed by atoms with E-state index in [0.29, 0.717) is 0 Å². The maximum atomic E-state index is 5.93. The predicted molar refractivity (Wildman–Crippen MR) is 102 cm³/mol. The molecule has 1 aromatic heterocycles. The van der Waals surface area contributed by atoms with E-state index in [1.165, 1.54) is 39.1 Å². The predicted octanol–water partition coefficient (Wildman–Crippen LogP) is 3.44. The number of nitrogens with zero attached hydrogens (tertiary/aromatic N) is 2. The van der Waals surface area contributed by atoms with Crippen LogP contribution in [-0.4, -0.2) is 56.1 Å². The molecule has 4 nitrogen and oxygen atoms in total. The van der Waals surface area contributed by atoms with Crippen LogP contribution >= 0.6 is 15.9 Å². The summed E-state index contributed by atoms with van der Waals surface area (Å²) in [7, 11) is 2.20. The van der Waals surface area contributed by atoms with Crippen LogP contribution in [0.25, 0.3) is 11.3 Å². The number of hydrogen-bond acceptors (Lipinski definition) is 4. The monoisotopic (exact) mass is 391 g/mol. The Hall–Kier alpha value is -1.14. The molecule has 1 aliphatic rings. The van der Waals surface area contributed by atoms with Gasteiger partial charge in [-0.05, 0) is 50.8 Å². The summed E-state index contributed by atoms with van der Waals surface area (Å²) in [4.78, 5) is 4.95. The van der Waals surface area contributed by atoms with Crippen molar-refractivity contribution in [1.29, 1.82) is 0 Å². The van der Waals surface area contributed by atoms with Gasteiger partial charge in [-0.2, -0.15) is 0 Å². The molecule has 24 heavy (non-hydrogen) atoms. The molecule has 0 amide bonds. The quantitative estimate of drug-likeness (QED) is 0.732. The van der Waals surface area contributed by atoms with Crippen molar-refractivity contribution in [1.82, 2.24) is 15.1 Å². The highest BCUT2D eigenvalue weighted by Crippen LogP contribution is 2.24. The van der Waals surface area contributed by atoms with Gasteiger partial charge in [0.05, 0.1) is 6.54 Å². The van der Waals surface area contributed by atoms with Gasteiger partial charge in [-0.3, -0.25) is 0 Å². The SMILES string of the molecule is CN1CCN(CCCNCc2ccc(-c3cccc(Br)c3)o2)CC1. The van der Waals surface area contributed by atoms with Gasteiger partial charge in [0, 0.05) is 36.2 Å². The Kier molecular flexibility index (Phi) is 6.49. The minimum Gasteiger partial charge on any atom is -0.460 e. The van der Waals surface area contributed by atoms with Crippen molar-refractivity contribution >= 4 is 15.9 Å². The summed E-state index contributed by atoms with van der Waals surface area (Å²) in [5, 5.41) is 3.49. The van der Waals surface area contributed by atoms with Crippen LogP contribution in [0.5, 0.6) is 0 Å². The van der Waals surface area contributed by atoms with Crippen LogP contribution in [0.3, 0.4) is 0 Å². The maximum Gasteiger partial charge on any atom is 0.134 e. The Morgan fingerprint density at radius 2 is 1.96 bits per heavy atom. The summed E-state index contributed by atoms with van der Waals surface area (Å²) in [6, 6.07) is 12.3. The van der Waals surface area contributed by atoms with Crippen LogP contribution in [-0.2, 0) is 6.54 Å². The molecule has 0 bridgehead atoms. The van der Waals surface area contributed by atoms with Crippen LogP contribution in [0.2, 0.25) is 0 Å². The second-order valence-electron chi connectivity index (χ2n) is 6.45. The second-order valence-corrected chi connectivity index (χ2v) is 7.37. The van der Waals surface area contributed by atoms with Crippen molar-refractivity contribution in [2.75, 3.05) is 46.3 Å². The lowest BCUT2D eigenvalue weighted by atomic mass is 10.2. The Balaban J connectivity index is 1.37. The third-order valence-electron chi connectivity index (χ3n) is 4.49. The lowest BCUT2D eigenvalue weighted by molar-refractivity contribution is 0.152. The molecule has 1 fully saturated rings. The molecule has 5 heteroatoms. The van der Waals surface area contributed by atoms with Gasteiger partial charge in [-0.25, -0.2) is 0 Å². The fourth-order valence-corrected chi connectivity index (χ4v) is 3.38. The number of hydrogen-bond donors (Lipinski definition) is 1. The lowest BCUT2D eigenvalue weighted by Crippen LogP contribution is -2.45. The molecule has 2 aromatic rings. The summed E-state index contributed by atoms with van der Waals surface area (Å²) >= 11 is 3.50. The minimum absolute atomic E-state index is 0.788. The number of benzene rings is 1. The number of nitrogens with one attached hydrogen (secondary N) is 1. The molecule has 0 saturated carbocycles. The van der Waals surface area contributed by atoms with E-state index in [1.807, 2.05) is 18.2 Å². The zero-order chi connectivity index (χ0) is 16.8. The number of halogens is 1. The standard InChI is InChI=1S/C19H26BrN3O/c1-22-10-12-23(13-11-22)9-3-8-21-15-18-6-7-19(24-18)16-4-2-5-17(20)14-16/h2,4-7,14,21H,3,8-13,15H2,1H3. The van der Waals surface area contributed by atoms with E-state index in [4.69, 9.17) is 4.42 Å². The fourth-order valence-electron chi connectivity index (χ4n) is 2.98. The molecule has 1 aromatic carbocycles. The van der Waals surface area contributed by atoms with E-state index in [-0.39, 0.29) is 0 Å². The molecule has 0 spiro atoms. The molecule has 0 radical (unpaired) electrons. The Bertz CT molecular complexity index is 635. The van der Waals surface area contributed by atoms with Gasteiger partial charge < -0.3 is 19.5 Å². The number of furan rings is 1. The third kappa shape index (κ3) is 5.18. The van der Waals surface area contributed by atoms with E-state index in [1.54, 1.807) is 0 Å². The van der Waals surface area contributed by atoms with E-state index in [2.05, 4.69) is 56.3 Å². The van der Waals surface area contributed by atoms with Crippen molar-refractivity contribution in [3.05, 3.63) is 46.6 Å². The second kappa shape index (κ2) is 8.81. The van der Waals surface area contributed by atoms with Crippen LogP contribution in [0.4, 0.5) is 0 Å². The Labute approximate surface area is 152 Å². The van der Waals surface area contributed by atoms with E-state index < -0.39 is 0 Å².